The molecule has 2 rings (SSSR count). The van der Waals surface area contributed by atoms with Crippen LogP contribution in [0.3, 0.4) is 0 Å². The number of alkyl halides is 4. The second-order valence-corrected chi connectivity index (χ2v) is 7.47. The number of aromatic nitrogens is 1. The minimum Gasteiger partial charge on any atom is -0.370 e. The Morgan fingerprint density at radius 2 is 1.84 bits per heavy atom. The Hall–Kier alpha value is -1.86. The maximum atomic E-state index is 14.8. The maximum absolute atomic E-state index is 14.8. The lowest BCUT2D eigenvalue weighted by atomic mass is 9.91. The number of pyridine rings is 1. The molecular formula is C17H23F4N3O. The van der Waals surface area contributed by atoms with E-state index in [0.29, 0.717) is 18.8 Å². The molecule has 1 aromatic rings. The molecule has 1 amide bonds. The summed E-state index contributed by atoms with van der Waals surface area (Å²) >= 11 is 0. The van der Waals surface area contributed by atoms with E-state index >= 15 is 0 Å². The summed E-state index contributed by atoms with van der Waals surface area (Å²) in [5.41, 5.74) is -2.49. The van der Waals surface area contributed by atoms with Crippen molar-refractivity contribution in [2.45, 2.75) is 45.5 Å². The van der Waals surface area contributed by atoms with Crippen LogP contribution in [0, 0.1) is 5.41 Å². The van der Waals surface area contributed by atoms with Crippen molar-refractivity contribution in [2.75, 3.05) is 24.5 Å². The number of carbonyl (C=O) groups excluding carboxylic acids is 1. The highest BCUT2D eigenvalue weighted by Gasteiger charge is 2.36. The van der Waals surface area contributed by atoms with Crippen LogP contribution in [0.15, 0.2) is 18.3 Å². The SMILES string of the molecule is CC(C)(C)C(=O)NCC1(F)CCN(c2ccc(C(F)(F)F)nc2)CC1. The highest BCUT2D eigenvalue weighted by Crippen LogP contribution is 2.31. The highest BCUT2D eigenvalue weighted by atomic mass is 19.4. The van der Waals surface area contributed by atoms with E-state index in [2.05, 4.69) is 10.3 Å². The van der Waals surface area contributed by atoms with Gasteiger partial charge in [0.1, 0.15) is 11.4 Å². The molecular weight excluding hydrogens is 338 g/mol. The van der Waals surface area contributed by atoms with Crippen LogP contribution in [0.5, 0.6) is 0 Å². The van der Waals surface area contributed by atoms with Crippen molar-refractivity contribution in [2.24, 2.45) is 5.41 Å². The Balaban J connectivity index is 1.91. The Labute approximate surface area is 144 Å². The van der Waals surface area contributed by atoms with Crippen LogP contribution in [0.1, 0.15) is 39.3 Å². The van der Waals surface area contributed by atoms with Gasteiger partial charge < -0.3 is 10.2 Å². The van der Waals surface area contributed by atoms with Gasteiger partial charge in [-0.1, -0.05) is 20.8 Å². The van der Waals surface area contributed by atoms with Gasteiger partial charge in [-0.05, 0) is 12.1 Å². The summed E-state index contributed by atoms with van der Waals surface area (Å²) in [4.78, 5) is 17.1. The predicted octanol–water partition coefficient (Wildman–Crippen LogP) is 3.57. The Morgan fingerprint density at radius 1 is 1.24 bits per heavy atom. The molecule has 140 valence electrons. The first-order valence-corrected chi connectivity index (χ1v) is 8.16. The molecule has 0 spiro atoms. The molecule has 0 aliphatic carbocycles. The van der Waals surface area contributed by atoms with Crippen LogP contribution in [-0.2, 0) is 11.0 Å². The van der Waals surface area contributed by atoms with E-state index in [-0.39, 0.29) is 25.3 Å². The average Bonchev–Trinajstić information content (AvgIpc) is 2.52. The van der Waals surface area contributed by atoms with E-state index in [1.54, 1.807) is 25.7 Å². The minimum atomic E-state index is -4.47. The maximum Gasteiger partial charge on any atom is 0.433 e. The fraction of sp³-hybridized carbons (Fsp3) is 0.647. The molecule has 1 aliphatic heterocycles. The van der Waals surface area contributed by atoms with Gasteiger partial charge in [0.15, 0.2) is 0 Å². The van der Waals surface area contributed by atoms with Crippen molar-refractivity contribution >= 4 is 11.6 Å². The van der Waals surface area contributed by atoms with Crippen molar-refractivity contribution in [1.82, 2.24) is 10.3 Å². The molecule has 0 atom stereocenters. The standard InChI is InChI=1S/C17H23F4N3O/c1-15(2,3)14(25)23-11-16(18)6-8-24(9-7-16)12-4-5-13(22-10-12)17(19,20)21/h4-5,10H,6-9,11H2,1-3H3,(H,23,25). The fourth-order valence-electron chi connectivity index (χ4n) is 2.59. The molecule has 0 bridgehead atoms. The molecule has 1 aromatic heterocycles. The largest absolute Gasteiger partial charge is 0.433 e. The van der Waals surface area contributed by atoms with E-state index < -0.39 is 23.0 Å². The number of hydrogen-bond acceptors (Lipinski definition) is 3. The van der Waals surface area contributed by atoms with Crippen molar-refractivity contribution in [3.8, 4) is 0 Å². The normalized spacial score (nSPS) is 18.1. The van der Waals surface area contributed by atoms with E-state index in [1.165, 1.54) is 6.07 Å². The van der Waals surface area contributed by atoms with Gasteiger partial charge in [0.25, 0.3) is 0 Å². The molecule has 1 N–H and O–H groups in total. The first-order chi connectivity index (χ1) is 11.4. The number of nitrogens with zero attached hydrogens (tertiary/aromatic N) is 2. The minimum absolute atomic E-state index is 0.0534. The summed E-state index contributed by atoms with van der Waals surface area (Å²) in [7, 11) is 0. The predicted molar refractivity (Wildman–Crippen MR) is 87.0 cm³/mol. The second-order valence-electron chi connectivity index (χ2n) is 7.47. The van der Waals surface area contributed by atoms with Gasteiger partial charge in [0.05, 0.1) is 18.4 Å². The first kappa shape index (κ1) is 19.5. The molecule has 1 aliphatic rings. The number of hydrogen-bond donors (Lipinski definition) is 1. The van der Waals surface area contributed by atoms with Crippen molar-refractivity contribution < 1.29 is 22.4 Å². The summed E-state index contributed by atoms with van der Waals surface area (Å²) in [6.07, 6.45) is -2.92. The second kappa shape index (κ2) is 6.80. The zero-order valence-corrected chi connectivity index (χ0v) is 14.6. The molecule has 25 heavy (non-hydrogen) atoms. The van der Waals surface area contributed by atoms with Crippen LogP contribution in [0.2, 0.25) is 0 Å². The van der Waals surface area contributed by atoms with Gasteiger partial charge in [-0.3, -0.25) is 4.79 Å². The van der Waals surface area contributed by atoms with Crippen LogP contribution < -0.4 is 10.2 Å². The average molecular weight is 361 g/mol. The molecule has 8 heteroatoms. The number of carbonyl (C=O) groups is 1. The van der Waals surface area contributed by atoms with E-state index in [0.717, 1.165) is 12.3 Å². The molecule has 0 radical (unpaired) electrons. The topological polar surface area (TPSA) is 45.2 Å². The third-order valence-electron chi connectivity index (χ3n) is 4.31. The summed E-state index contributed by atoms with van der Waals surface area (Å²) in [6.45, 7) is 5.93. The van der Waals surface area contributed by atoms with Gasteiger partial charge >= 0.3 is 6.18 Å². The summed E-state index contributed by atoms with van der Waals surface area (Å²) in [5.74, 6) is -0.209. The zero-order valence-electron chi connectivity index (χ0n) is 14.6. The lowest BCUT2D eigenvalue weighted by Crippen LogP contribution is -2.50. The molecule has 1 fully saturated rings. The molecule has 0 saturated carbocycles. The first-order valence-electron chi connectivity index (χ1n) is 8.16. The number of anilines is 1. The van der Waals surface area contributed by atoms with Crippen LogP contribution in [0.4, 0.5) is 23.2 Å². The van der Waals surface area contributed by atoms with Gasteiger partial charge in [0, 0.05) is 31.3 Å². The number of piperidine rings is 1. The molecule has 1 saturated heterocycles. The Morgan fingerprint density at radius 3 is 2.28 bits per heavy atom. The van der Waals surface area contributed by atoms with Crippen molar-refractivity contribution in [3.63, 3.8) is 0 Å². The monoisotopic (exact) mass is 361 g/mol. The zero-order chi connectivity index (χ0) is 18.9. The van der Waals surface area contributed by atoms with Crippen LogP contribution >= 0.6 is 0 Å². The molecule has 2 heterocycles. The smallest absolute Gasteiger partial charge is 0.370 e. The van der Waals surface area contributed by atoms with E-state index in [1.807, 2.05) is 0 Å². The number of halogens is 4. The Bertz CT molecular complexity index is 600. The number of nitrogens with one attached hydrogen (secondary N) is 1. The third kappa shape index (κ3) is 5.06. The molecule has 4 nitrogen and oxygen atoms in total. The van der Waals surface area contributed by atoms with Gasteiger partial charge in [-0.25, -0.2) is 9.37 Å². The highest BCUT2D eigenvalue weighted by molar-refractivity contribution is 5.81. The number of amides is 1. The van der Waals surface area contributed by atoms with Crippen LogP contribution in [-0.4, -0.2) is 36.2 Å². The lowest BCUT2D eigenvalue weighted by Gasteiger charge is -2.38. The van der Waals surface area contributed by atoms with E-state index in [9.17, 15) is 22.4 Å². The quantitative estimate of drug-likeness (QED) is 0.837. The van der Waals surface area contributed by atoms with Crippen molar-refractivity contribution in [1.29, 1.82) is 0 Å². The van der Waals surface area contributed by atoms with Gasteiger partial charge in [-0.2, -0.15) is 13.2 Å². The lowest BCUT2D eigenvalue weighted by molar-refractivity contribution is -0.141. The van der Waals surface area contributed by atoms with E-state index in [4.69, 9.17) is 0 Å². The molecule has 0 unspecified atom stereocenters. The number of rotatable bonds is 3. The van der Waals surface area contributed by atoms with Crippen LogP contribution in [0.25, 0.3) is 0 Å². The van der Waals surface area contributed by atoms with Crippen molar-refractivity contribution in [3.05, 3.63) is 24.0 Å². The fourth-order valence-corrected chi connectivity index (χ4v) is 2.59. The summed E-state index contributed by atoms with van der Waals surface area (Å²) in [5, 5.41) is 2.64. The third-order valence-corrected chi connectivity index (χ3v) is 4.31. The van der Waals surface area contributed by atoms with Gasteiger partial charge in [0.2, 0.25) is 5.91 Å². The Kier molecular flexibility index (Phi) is 5.30. The summed E-state index contributed by atoms with van der Waals surface area (Å²) < 4.78 is 52.4. The van der Waals surface area contributed by atoms with Gasteiger partial charge in [-0.15, -0.1) is 0 Å². The summed E-state index contributed by atoms with van der Waals surface area (Å²) in [6, 6.07) is 2.28. The molecule has 0 aromatic carbocycles.